The van der Waals surface area contributed by atoms with Crippen LogP contribution in [0.15, 0.2) is 53.4 Å². The van der Waals surface area contributed by atoms with Crippen LogP contribution < -0.4 is 5.32 Å². The van der Waals surface area contributed by atoms with Gasteiger partial charge in [0.15, 0.2) is 0 Å². The van der Waals surface area contributed by atoms with Gasteiger partial charge in [0.05, 0.1) is 5.56 Å². The summed E-state index contributed by atoms with van der Waals surface area (Å²) in [7, 11) is -4.05. The highest BCUT2D eigenvalue weighted by Gasteiger charge is 2.41. The Morgan fingerprint density at radius 2 is 1.77 bits per heavy atom. The van der Waals surface area contributed by atoms with E-state index in [1.165, 1.54) is 47.4 Å². The van der Waals surface area contributed by atoms with E-state index in [9.17, 15) is 27.2 Å². The number of nitrogens with one attached hydrogen (secondary N) is 1. The van der Waals surface area contributed by atoms with Crippen LogP contribution >= 0.6 is 0 Å². The van der Waals surface area contributed by atoms with Crippen molar-refractivity contribution >= 4 is 27.7 Å². The Labute approximate surface area is 205 Å². The van der Waals surface area contributed by atoms with E-state index in [0.29, 0.717) is 22.8 Å². The van der Waals surface area contributed by atoms with E-state index in [1.807, 2.05) is 6.92 Å². The molecule has 0 aromatic heterocycles. The molecule has 0 spiro atoms. The first-order valence-electron chi connectivity index (χ1n) is 11.7. The maximum atomic E-state index is 13.4. The van der Waals surface area contributed by atoms with E-state index in [0.717, 1.165) is 12.8 Å². The fraction of sp³-hybridized carbons (Fsp3) is 0.400. The van der Waals surface area contributed by atoms with Crippen LogP contribution in [-0.2, 0) is 26.2 Å². The van der Waals surface area contributed by atoms with Gasteiger partial charge < -0.3 is 10.2 Å². The van der Waals surface area contributed by atoms with Gasteiger partial charge in [-0.1, -0.05) is 44.5 Å². The number of amides is 3. The molecule has 3 rings (SSSR count). The predicted octanol–water partition coefficient (Wildman–Crippen LogP) is 3.08. The van der Waals surface area contributed by atoms with Crippen LogP contribution in [0.4, 0.5) is 4.39 Å². The highest BCUT2D eigenvalue weighted by atomic mass is 32.2. The predicted molar refractivity (Wildman–Crippen MR) is 128 cm³/mol. The van der Waals surface area contributed by atoms with Crippen molar-refractivity contribution in [2.75, 3.05) is 13.1 Å². The number of hydrogen-bond acceptors (Lipinski definition) is 5. The van der Waals surface area contributed by atoms with Crippen molar-refractivity contribution in [1.82, 2.24) is 14.5 Å². The number of benzene rings is 2. The van der Waals surface area contributed by atoms with E-state index in [-0.39, 0.29) is 35.9 Å². The molecule has 3 amide bonds. The number of fused-ring (bicyclic) bond motifs is 1. The maximum Gasteiger partial charge on any atom is 0.269 e. The Morgan fingerprint density at radius 1 is 1.09 bits per heavy atom. The summed E-state index contributed by atoms with van der Waals surface area (Å²) in [6.07, 6.45) is 1.73. The zero-order valence-electron chi connectivity index (χ0n) is 19.9. The molecule has 2 aromatic rings. The minimum Gasteiger partial charge on any atom is -0.354 e. The fourth-order valence-electron chi connectivity index (χ4n) is 4.01. The molecular formula is C25H30FN3O5S. The second kappa shape index (κ2) is 11.4. The smallest absolute Gasteiger partial charge is 0.269 e. The molecule has 10 heteroatoms. The van der Waals surface area contributed by atoms with Gasteiger partial charge in [-0.2, -0.15) is 0 Å². The van der Waals surface area contributed by atoms with E-state index in [1.54, 1.807) is 13.0 Å². The normalized spacial score (nSPS) is 14.9. The van der Waals surface area contributed by atoms with Crippen LogP contribution in [0.3, 0.4) is 0 Å². The molecule has 35 heavy (non-hydrogen) atoms. The summed E-state index contributed by atoms with van der Waals surface area (Å²) in [4.78, 5) is 40.2. The number of sulfonamides is 1. The Kier molecular flexibility index (Phi) is 8.61. The number of unbranched alkanes of at least 4 members (excludes halogenated alkanes) is 1. The van der Waals surface area contributed by atoms with Crippen LogP contribution in [0.25, 0.3) is 0 Å². The van der Waals surface area contributed by atoms with E-state index in [4.69, 9.17) is 0 Å². The lowest BCUT2D eigenvalue weighted by Crippen LogP contribution is -2.49. The standard InChI is InChI=1S/C25H30FN3O5S/c1-3-5-15-27-24(31)21(4-2)28(17-18-10-12-19(26)13-11-18)23(30)14-16-29-25(32)20-8-6-7-9-22(20)35(29,33)34/h6-13,21H,3-5,14-17H2,1-2H3,(H,27,31)/t21-/m0/s1. The molecule has 0 unspecified atom stereocenters. The van der Waals surface area contributed by atoms with Crippen LogP contribution in [0.1, 0.15) is 55.5 Å². The lowest BCUT2D eigenvalue weighted by Gasteiger charge is -2.31. The van der Waals surface area contributed by atoms with E-state index >= 15 is 0 Å². The van der Waals surface area contributed by atoms with Crippen molar-refractivity contribution in [3.05, 3.63) is 65.5 Å². The van der Waals surface area contributed by atoms with E-state index < -0.39 is 33.7 Å². The Hall–Kier alpha value is -3.27. The second-order valence-corrected chi connectivity index (χ2v) is 10.2. The maximum absolute atomic E-state index is 13.4. The van der Waals surface area contributed by atoms with Crippen molar-refractivity contribution in [2.24, 2.45) is 0 Å². The van der Waals surface area contributed by atoms with Gasteiger partial charge in [-0.05, 0) is 42.7 Å². The SMILES string of the molecule is CCCCNC(=O)[C@H](CC)N(Cc1ccc(F)cc1)C(=O)CCN1C(=O)c2ccccc2S1(=O)=O. The molecule has 0 saturated heterocycles. The number of hydrogen-bond donors (Lipinski definition) is 1. The summed E-state index contributed by atoms with van der Waals surface area (Å²) < 4.78 is 39.7. The van der Waals surface area contributed by atoms with Crippen LogP contribution in [0.5, 0.6) is 0 Å². The summed E-state index contributed by atoms with van der Waals surface area (Å²) in [5.74, 6) is -1.89. The van der Waals surface area contributed by atoms with Crippen molar-refractivity contribution < 1.29 is 27.2 Å². The topological polar surface area (TPSA) is 104 Å². The van der Waals surface area contributed by atoms with Crippen LogP contribution in [0.2, 0.25) is 0 Å². The third-order valence-corrected chi connectivity index (χ3v) is 7.76. The van der Waals surface area contributed by atoms with Gasteiger partial charge in [-0.25, -0.2) is 17.1 Å². The third kappa shape index (κ3) is 5.87. The first kappa shape index (κ1) is 26.3. The lowest BCUT2D eigenvalue weighted by atomic mass is 10.1. The molecule has 0 fully saturated rings. The number of rotatable bonds is 11. The minimum atomic E-state index is -4.05. The van der Waals surface area contributed by atoms with Gasteiger partial charge in [0.25, 0.3) is 15.9 Å². The Morgan fingerprint density at radius 3 is 2.40 bits per heavy atom. The highest BCUT2D eigenvalue weighted by Crippen LogP contribution is 2.30. The Bertz CT molecular complexity index is 1180. The van der Waals surface area contributed by atoms with Gasteiger partial charge in [-0.3, -0.25) is 14.4 Å². The summed E-state index contributed by atoms with van der Waals surface area (Å²) in [5.41, 5.74) is 0.696. The number of halogens is 1. The molecule has 188 valence electrons. The average molecular weight is 504 g/mol. The van der Waals surface area contributed by atoms with Crippen LogP contribution in [-0.4, -0.2) is 54.5 Å². The fourth-order valence-corrected chi connectivity index (χ4v) is 5.57. The van der Waals surface area contributed by atoms with Crippen molar-refractivity contribution in [3.63, 3.8) is 0 Å². The molecule has 2 aromatic carbocycles. The molecule has 1 N–H and O–H groups in total. The average Bonchev–Trinajstić information content (AvgIpc) is 3.04. The first-order valence-corrected chi connectivity index (χ1v) is 13.1. The number of carbonyl (C=O) groups is 3. The van der Waals surface area contributed by atoms with Crippen molar-refractivity contribution in [1.29, 1.82) is 0 Å². The van der Waals surface area contributed by atoms with Crippen LogP contribution in [0, 0.1) is 5.82 Å². The van der Waals surface area contributed by atoms with Crippen molar-refractivity contribution in [3.8, 4) is 0 Å². The molecular weight excluding hydrogens is 473 g/mol. The summed E-state index contributed by atoms with van der Waals surface area (Å²) in [5, 5.41) is 2.84. The van der Waals surface area contributed by atoms with Gasteiger partial charge in [0.2, 0.25) is 11.8 Å². The van der Waals surface area contributed by atoms with Gasteiger partial charge >= 0.3 is 0 Å². The molecule has 8 nitrogen and oxygen atoms in total. The van der Waals surface area contributed by atoms with Gasteiger partial charge in [0, 0.05) is 26.1 Å². The largest absolute Gasteiger partial charge is 0.354 e. The lowest BCUT2D eigenvalue weighted by molar-refractivity contribution is -0.141. The number of carbonyl (C=O) groups excluding carboxylic acids is 3. The van der Waals surface area contributed by atoms with Crippen molar-refractivity contribution in [2.45, 2.75) is 57.0 Å². The summed E-state index contributed by atoms with van der Waals surface area (Å²) in [6.45, 7) is 3.95. The Balaban J connectivity index is 1.80. The molecule has 1 atom stereocenters. The summed E-state index contributed by atoms with van der Waals surface area (Å²) in [6, 6.07) is 10.7. The molecule has 0 bridgehead atoms. The molecule has 1 aliphatic rings. The monoisotopic (exact) mass is 503 g/mol. The number of nitrogens with zero attached hydrogens (tertiary/aromatic N) is 2. The zero-order valence-corrected chi connectivity index (χ0v) is 20.7. The first-order chi connectivity index (χ1) is 16.7. The molecule has 0 aliphatic carbocycles. The second-order valence-electron chi connectivity index (χ2n) is 8.35. The van der Waals surface area contributed by atoms with Gasteiger partial charge in [-0.15, -0.1) is 0 Å². The summed E-state index contributed by atoms with van der Waals surface area (Å²) >= 11 is 0. The molecule has 0 saturated carbocycles. The minimum absolute atomic E-state index is 0.0414. The molecule has 1 aliphatic heterocycles. The van der Waals surface area contributed by atoms with E-state index in [2.05, 4.69) is 5.32 Å². The molecule has 1 heterocycles. The zero-order chi connectivity index (χ0) is 25.6. The van der Waals surface area contributed by atoms with Gasteiger partial charge in [0.1, 0.15) is 16.8 Å². The quantitative estimate of drug-likeness (QED) is 0.475. The highest BCUT2D eigenvalue weighted by molar-refractivity contribution is 7.90. The molecule has 0 radical (unpaired) electrons. The third-order valence-electron chi connectivity index (χ3n) is 5.92.